The summed E-state index contributed by atoms with van der Waals surface area (Å²) in [5.74, 6) is -1.46. The number of hydrogen-bond donors (Lipinski definition) is 1. The van der Waals surface area contributed by atoms with Gasteiger partial charge in [-0.15, -0.1) is 11.8 Å². The van der Waals surface area contributed by atoms with Crippen molar-refractivity contribution in [1.29, 1.82) is 0 Å². The fourth-order valence-corrected chi connectivity index (χ4v) is 2.96. The molecule has 0 aromatic heterocycles. The van der Waals surface area contributed by atoms with E-state index >= 15 is 0 Å². The van der Waals surface area contributed by atoms with Crippen LogP contribution < -0.4 is 0 Å². The van der Waals surface area contributed by atoms with E-state index in [1.807, 2.05) is 26.0 Å². The van der Waals surface area contributed by atoms with E-state index in [1.54, 1.807) is 12.1 Å². The molecule has 0 unspecified atom stereocenters. The van der Waals surface area contributed by atoms with Crippen LogP contribution >= 0.6 is 11.8 Å². The summed E-state index contributed by atoms with van der Waals surface area (Å²) < 4.78 is 14.0. The average Bonchev–Trinajstić information content (AvgIpc) is 2.39. The van der Waals surface area contributed by atoms with Crippen LogP contribution in [0.25, 0.3) is 0 Å². The maximum absolute atomic E-state index is 14.0. The van der Waals surface area contributed by atoms with Crippen LogP contribution in [-0.4, -0.2) is 11.1 Å². The molecule has 2 aromatic carbocycles. The van der Waals surface area contributed by atoms with E-state index in [2.05, 4.69) is 6.07 Å². The van der Waals surface area contributed by atoms with Crippen LogP contribution in [0.3, 0.4) is 0 Å². The number of carboxylic acids is 1. The molecule has 20 heavy (non-hydrogen) atoms. The van der Waals surface area contributed by atoms with Gasteiger partial charge in [-0.25, -0.2) is 9.18 Å². The van der Waals surface area contributed by atoms with Gasteiger partial charge in [0.1, 0.15) is 5.82 Å². The zero-order chi connectivity index (χ0) is 14.7. The lowest BCUT2D eigenvalue weighted by atomic mass is 10.1. The molecule has 0 aliphatic carbocycles. The molecule has 1 N–H and O–H groups in total. The number of hydrogen-bond acceptors (Lipinski definition) is 2. The van der Waals surface area contributed by atoms with Crippen LogP contribution in [0.5, 0.6) is 0 Å². The molecule has 2 rings (SSSR count). The summed E-state index contributed by atoms with van der Waals surface area (Å²) >= 11 is 1.51. The van der Waals surface area contributed by atoms with Gasteiger partial charge < -0.3 is 5.11 Å². The van der Waals surface area contributed by atoms with Crippen molar-refractivity contribution in [3.63, 3.8) is 0 Å². The van der Waals surface area contributed by atoms with Crippen LogP contribution in [0, 0.1) is 19.7 Å². The number of benzene rings is 2. The molecule has 0 fully saturated rings. The highest BCUT2D eigenvalue weighted by molar-refractivity contribution is 7.98. The number of rotatable bonds is 4. The minimum Gasteiger partial charge on any atom is -0.478 e. The summed E-state index contributed by atoms with van der Waals surface area (Å²) in [6.07, 6.45) is 0. The van der Waals surface area contributed by atoms with Crippen LogP contribution in [-0.2, 0) is 5.75 Å². The Kier molecular flexibility index (Phi) is 4.45. The molecule has 104 valence electrons. The lowest BCUT2D eigenvalue weighted by molar-refractivity contribution is 0.0691. The van der Waals surface area contributed by atoms with E-state index < -0.39 is 11.8 Å². The first-order chi connectivity index (χ1) is 9.49. The minimum atomic E-state index is -1.24. The Bertz CT molecular complexity index is 653. The zero-order valence-corrected chi connectivity index (χ0v) is 12.1. The van der Waals surface area contributed by atoms with Crippen molar-refractivity contribution in [2.45, 2.75) is 24.5 Å². The standard InChI is InChI=1S/C16H15FO2S/c1-10-6-7-14(11(2)8-10)20-9-12-4-3-5-13(15(12)17)16(18)19/h3-8H,9H2,1-2H3,(H,18,19). The van der Waals surface area contributed by atoms with Crippen molar-refractivity contribution in [3.8, 4) is 0 Å². The summed E-state index contributed by atoms with van der Waals surface area (Å²) in [6, 6.07) is 10.6. The second kappa shape index (κ2) is 6.09. The normalized spacial score (nSPS) is 10.6. The largest absolute Gasteiger partial charge is 0.478 e. The zero-order valence-electron chi connectivity index (χ0n) is 11.3. The van der Waals surface area contributed by atoms with Gasteiger partial charge in [-0.3, -0.25) is 0 Å². The van der Waals surface area contributed by atoms with Gasteiger partial charge in [0.2, 0.25) is 0 Å². The molecule has 2 nitrogen and oxygen atoms in total. The van der Waals surface area contributed by atoms with E-state index in [1.165, 1.54) is 23.4 Å². The SMILES string of the molecule is Cc1ccc(SCc2cccc(C(=O)O)c2F)c(C)c1. The van der Waals surface area contributed by atoms with E-state index in [0.29, 0.717) is 11.3 Å². The van der Waals surface area contributed by atoms with Crippen molar-refractivity contribution in [1.82, 2.24) is 0 Å². The van der Waals surface area contributed by atoms with Crippen LogP contribution in [0.1, 0.15) is 27.0 Å². The van der Waals surface area contributed by atoms with Crippen molar-refractivity contribution < 1.29 is 14.3 Å². The Morgan fingerprint density at radius 1 is 1.25 bits per heavy atom. The maximum Gasteiger partial charge on any atom is 0.338 e. The summed E-state index contributed by atoms with van der Waals surface area (Å²) in [5.41, 5.74) is 2.47. The fraction of sp³-hybridized carbons (Fsp3) is 0.188. The summed E-state index contributed by atoms with van der Waals surface area (Å²) in [6.45, 7) is 4.04. The topological polar surface area (TPSA) is 37.3 Å². The number of aryl methyl sites for hydroxylation is 2. The van der Waals surface area contributed by atoms with Gasteiger partial charge in [0.15, 0.2) is 0 Å². The second-order valence-electron chi connectivity index (χ2n) is 4.64. The maximum atomic E-state index is 14.0. The first kappa shape index (κ1) is 14.6. The molecule has 0 bridgehead atoms. The smallest absolute Gasteiger partial charge is 0.338 e. The Hall–Kier alpha value is -1.81. The monoisotopic (exact) mass is 290 g/mol. The molecule has 0 aliphatic heterocycles. The third kappa shape index (κ3) is 3.20. The molecule has 4 heteroatoms. The van der Waals surface area contributed by atoms with Crippen LogP contribution in [0.15, 0.2) is 41.3 Å². The molecule has 0 saturated heterocycles. The molecule has 0 amide bonds. The molecule has 0 aliphatic rings. The van der Waals surface area contributed by atoms with E-state index in [9.17, 15) is 9.18 Å². The Morgan fingerprint density at radius 3 is 2.65 bits per heavy atom. The first-order valence-electron chi connectivity index (χ1n) is 6.20. The van der Waals surface area contributed by atoms with Gasteiger partial charge in [0.05, 0.1) is 5.56 Å². The number of halogens is 1. The molecular formula is C16H15FO2S. The van der Waals surface area contributed by atoms with Gasteiger partial charge in [0.25, 0.3) is 0 Å². The summed E-state index contributed by atoms with van der Waals surface area (Å²) in [5, 5.41) is 8.90. The second-order valence-corrected chi connectivity index (χ2v) is 5.66. The predicted octanol–water partition coefficient (Wildman–Crippen LogP) is 4.43. The predicted molar refractivity (Wildman–Crippen MR) is 78.8 cm³/mol. The molecule has 0 atom stereocenters. The molecule has 0 radical (unpaired) electrons. The van der Waals surface area contributed by atoms with E-state index in [0.717, 1.165) is 10.5 Å². The number of thioether (sulfide) groups is 1. The van der Waals surface area contributed by atoms with Gasteiger partial charge in [-0.2, -0.15) is 0 Å². The molecule has 0 saturated carbocycles. The number of carbonyl (C=O) groups is 1. The average molecular weight is 290 g/mol. The first-order valence-corrected chi connectivity index (χ1v) is 7.18. The Labute approximate surface area is 121 Å². The van der Waals surface area contributed by atoms with Gasteiger partial charge in [-0.1, -0.05) is 29.8 Å². The molecule has 2 aromatic rings. The van der Waals surface area contributed by atoms with Crippen LogP contribution in [0.4, 0.5) is 4.39 Å². The lowest BCUT2D eigenvalue weighted by Crippen LogP contribution is -2.02. The van der Waals surface area contributed by atoms with Crippen molar-refractivity contribution in [2.75, 3.05) is 0 Å². The third-order valence-corrected chi connectivity index (χ3v) is 4.25. The highest BCUT2D eigenvalue weighted by Gasteiger charge is 2.13. The van der Waals surface area contributed by atoms with Gasteiger partial charge in [0, 0.05) is 10.6 Å². The fourth-order valence-electron chi connectivity index (χ4n) is 1.97. The Balaban J connectivity index is 2.19. The summed E-state index contributed by atoms with van der Waals surface area (Å²) in [7, 11) is 0. The third-order valence-electron chi connectivity index (χ3n) is 3.02. The Morgan fingerprint density at radius 2 is 2.00 bits per heavy atom. The molecular weight excluding hydrogens is 275 g/mol. The highest BCUT2D eigenvalue weighted by atomic mass is 32.2. The number of carboxylic acid groups (broad SMARTS) is 1. The van der Waals surface area contributed by atoms with E-state index in [4.69, 9.17) is 5.11 Å². The van der Waals surface area contributed by atoms with Crippen molar-refractivity contribution in [3.05, 3.63) is 64.5 Å². The van der Waals surface area contributed by atoms with Crippen molar-refractivity contribution >= 4 is 17.7 Å². The van der Waals surface area contributed by atoms with Gasteiger partial charge in [-0.05, 0) is 37.1 Å². The molecule has 0 spiro atoms. The van der Waals surface area contributed by atoms with Gasteiger partial charge >= 0.3 is 5.97 Å². The number of aromatic carboxylic acids is 1. The van der Waals surface area contributed by atoms with E-state index in [-0.39, 0.29) is 5.56 Å². The quantitative estimate of drug-likeness (QED) is 0.846. The lowest BCUT2D eigenvalue weighted by Gasteiger charge is -2.08. The minimum absolute atomic E-state index is 0.274. The summed E-state index contributed by atoms with van der Waals surface area (Å²) in [4.78, 5) is 12.0. The highest BCUT2D eigenvalue weighted by Crippen LogP contribution is 2.28. The van der Waals surface area contributed by atoms with Crippen LogP contribution in [0.2, 0.25) is 0 Å². The van der Waals surface area contributed by atoms with Crippen molar-refractivity contribution in [2.24, 2.45) is 0 Å². The molecule has 0 heterocycles.